The third kappa shape index (κ3) is 4.61. The Morgan fingerprint density at radius 3 is 2.61 bits per heavy atom. The Morgan fingerprint density at radius 1 is 1.22 bits per heavy atom. The molecule has 1 rings (SSSR count). The summed E-state index contributed by atoms with van der Waals surface area (Å²) in [5.74, 6) is 0.00783. The summed E-state index contributed by atoms with van der Waals surface area (Å²) in [7, 11) is 0. The zero-order chi connectivity index (χ0) is 13.4. The van der Waals surface area contributed by atoms with E-state index in [9.17, 15) is 9.59 Å². The molecule has 0 aliphatic heterocycles. The highest BCUT2D eigenvalue weighted by Crippen LogP contribution is 2.07. The third-order valence-electron chi connectivity index (χ3n) is 2.68. The maximum atomic E-state index is 11.6. The zero-order valence-electron chi connectivity index (χ0n) is 10.9. The predicted molar refractivity (Wildman–Crippen MR) is 67.8 cm³/mol. The van der Waals surface area contributed by atoms with Gasteiger partial charge in [0.2, 0.25) is 5.91 Å². The molecule has 0 unspecified atom stereocenters. The van der Waals surface area contributed by atoms with Crippen LogP contribution in [0, 0.1) is 6.92 Å². The first kappa shape index (κ1) is 14.3. The summed E-state index contributed by atoms with van der Waals surface area (Å²) in [4.78, 5) is 23.0. The number of hydrogen-bond donors (Lipinski definition) is 2. The molecule has 1 aromatic heterocycles. The second kappa shape index (κ2) is 7.53. The van der Waals surface area contributed by atoms with E-state index in [1.54, 1.807) is 13.0 Å². The van der Waals surface area contributed by atoms with Crippen molar-refractivity contribution in [3.63, 3.8) is 0 Å². The van der Waals surface area contributed by atoms with Gasteiger partial charge in [0.05, 0.1) is 11.8 Å². The minimum absolute atomic E-state index is 0.166. The first-order valence-corrected chi connectivity index (χ1v) is 6.28. The zero-order valence-corrected chi connectivity index (χ0v) is 10.9. The second-order valence-corrected chi connectivity index (χ2v) is 4.20. The van der Waals surface area contributed by atoms with E-state index in [1.165, 1.54) is 6.26 Å². The van der Waals surface area contributed by atoms with Crippen LogP contribution in [0.15, 0.2) is 16.7 Å². The molecule has 1 heterocycles. The number of hydrazine groups is 1. The lowest BCUT2D eigenvalue weighted by Crippen LogP contribution is -2.41. The van der Waals surface area contributed by atoms with Crippen molar-refractivity contribution in [2.45, 2.75) is 46.0 Å². The van der Waals surface area contributed by atoms with Crippen LogP contribution in [0.4, 0.5) is 0 Å². The average Bonchev–Trinajstić information content (AvgIpc) is 2.78. The lowest BCUT2D eigenvalue weighted by Gasteiger charge is -2.06. The molecular formula is C13H20N2O3. The van der Waals surface area contributed by atoms with Gasteiger partial charge in [-0.3, -0.25) is 20.4 Å². The van der Waals surface area contributed by atoms with Crippen LogP contribution in [-0.2, 0) is 4.79 Å². The molecule has 0 aromatic carbocycles. The van der Waals surface area contributed by atoms with Crippen LogP contribution in [-0.4, -0.2) is 11.8 Å². The minimum Gasteiger partial charge on any atom is -0.469 e. The van der Waals surface area contributed by atoms with Gasteiger partial charge in [-0.25, -0.2) is 0 Å². The van der Waals surface area contributed by atoms with Gasteiger partial charge in [-0.05, 0) is 19.4 Å². The van der Waals surface area contributed by atoms with E-state index < -0.39 is 0 Å². The Kier molecular flexibility index (Phi) is 5.97. The van der Waals surface area contributed by atoms with Crippen LogP contribution in [0.5, 0.6) is 0 Å². The van der Waals surface area contributed by atoms with Crippen LogP contribution in [0.2, 0.25) is 0 Å². The van der Waals surface area contributed by atoms with Crippen molar-refractivity contribution in [1.29, 1.82) is 0 Å². The summed E-state index contributed by atoms with van der Waals surface area (Å²) in [6, 6.07) is 1.57. The molecule has 0 atom stereocenters. The van der Waals surface area contributed by atoms with Crippen LogP contribution < -0.4 is 10.9 Å². The van der Waals surface area contributed by atoms with Gasteiger partial charge >= 0.3 is 0 Å². The van der Waals surface area contributed by atoms with Gasteiger partial charge in [0.1, 0.15) is 5.76 Å². The lowest BCUT2D eigenvalue weighted by molar-refractivity contribution is -0.122. The number of amides is 2. The fourth-order valence-corrected chi connectivity index (χ4v) is 1.59. The quantitative estimate of drug-likeness (QED) is 0.603. The lowest BCUT2D eigenvalue weighted by atomic mass is 10.1. The molecule has 0 bridgehead atoms. The number of furan rings is 1. The van der Waals surface area contributed by atoms with Crippen molar-refractivity contribution in [2.75, 3.05) is 0 Å². The minimum atomic E-state index is -0.358. The maximum absolute atomic E-state index is 11.6. The fourth-order valence-electron chi connectivity index (χ4n) is 1.59. The molecule has 5 nitrogen and oxygen atoms in total. The number of rotatable bonds is 6. The van der Waals surface area contributed by atoms with Crippen molar-refractivity contribution in [3.05, 3.63) is 23.7 Å². The standard InChI is InChI=1S/C13H20N2O3/c1-3-4-5-6-7-12(16)14-15-13(17)11-8-9-18-10(11)2/h8-9H,3-7H2,1-2H3,(H,14,16)(H,15,17). The van der Waals surface area contributed by atoms with E-state index >= 15 is 0 Å². The summed E-state index contributed by atoms with van der Waals surface area (Å²) in [6.45, 7) is 3.81. The first-order valence-electron chi connectivity index (χ1n) is 6.28. The van der Waals surface area contributed by atoms with E-state index in [0.717, 1.165) is 25.7 Å². The first-order chi connectivity index (χ1) is 8.65. The van der Waals surface area contributed by atoms with Gasteiger partial charge in [0.25, 0.3) is 5.91 Å². The van der Waals surface area contributed by atoms with Crippen molar-refractivity contribution in [3.8, 4) is 0 Å². The van der Waals surface area contributed by atoms with Crippen molar-refractivity contribution < 1.29 is 14.0 Å². The molecule has 0 spiro atoms. The molecular weight excluding hydrogens is 232 g/mol. The highest BCUT2D eigenvalue weighted by molar-refractivity contribution is 5.96. The Labute approximate surface area is 107 Å². The average molecular weight is 252 g/mol. The summed E-state index contributed by atoms with van der Waals surface area (Å²) < 4.78 is 5.01. The number of carbonyl (C=O) groups excluding carboxylic acids is 2. The summed E-state index contributed by atoms with van der Waals surface area (Å²) in [6.07, 6.45) is 6.03. The number of aryl methyl sites for hydroxylation is 1. The van der Waals surface area contributed by atoms with Gasteiger partial charge in [-0.15, -0.1) is 0 Å². The Bertz CT molecular complexity index is 399. The van der Waals surface area contributed by atoms with Gasteiger partial charge in [0, 0.05) is 6.42 Å². The fraction of sp³-hybridized carbons (Fsp3) is 0.538. The molecule has 100 valence electrons. The molecule has 2 N–H and O–H groups in total. The number of nitrogens with one attached hydrogen (secondary N) is 2. The van der Waals surface area contributed by atoms with E-state index in [1.807, 2.05) is 0 Å². The largest absolute Gasteiger partial charge is 0.469 e. The summed E-state index contributed by atoms with van der Waals surface area (Å²) in [5, 5.41) is 0. The molecule has 0 aliphatic carbocycles. The van der Waals surface area contributed by atoms with Gasteiger partial charge < -0.3 is 4.42 Å². The number of carbonyl (C=O) groups is 2. The SMILES string of the molecule is CCCCCCC(=O)NNC(=O)c1ccoc1C. The van der Waals surface area contributed by atoms with Crippen LogP contribution in [0.25, 0.3) is 0 Å². The molecule has 1 aromatic rings. The topological polar surface area (TPSA) is 71.3 Å². The maximum Gasteiger partial charge on any atom is 0.273 e. The predicted octanol–water partition coefficient (Wildman–Crippen LogP) is 2.32. The molecule has 5 heteroatoms. The molecule has 0 fully saturated rings. The third-order valence-corrected chi connectivity index (χ3v) is 2.68. The van der Waals surface area contributed by atoms with Crippen molar-refractivity contribution in [1.82, 2.24) is 10.9 Å². The van der Waals surface area contributed by atoms with E-state index in [4.69, 9.17) is 4.42 Å². The number of unbranched alkanes of at least 4 members (excludes halogenated alkanes) is 3. The molecule has 0 aliphatic rings. The van der Waals surface area contributed by atoms with E-state index in [0.29, 0.717) is 17.7 Å². The van der Waals surface area contributed by atoms with Gasteiger partial charge in [-0.2, -0.15) is 0 Å². The Balaban J connectivity index is 2.22. The number of hydrogen-bond acceptors (Lipinski definition) is 3. The second-order valence-electron chi connectivity index (χ2n) is 4.20. The van der Waals surface area contributed by atoms with Crippen LogP contribution in [0.1, 0.15) is 55.1 Å². The highest BCUT2D eigenvalue weighted by atomic mass is 16.3. The van der Waals surface area contributed by atoms with Crippen molar-refractivity contribution >= 4 is 11.8 Å². The molecule has 18 heavy (non-hydrogen) atoms. The highest BCUT2D eigenvalue weighted by Gasteiger charge is 2.11. The molecule has 0 saturated carbocycles. The monoisotopic (exact) mass is 252 g/mol. The van der Waals surface area contributed by atoms with Gasteiger partial charge in [-0.1, -0.05) is 26.2 Å². The van der Waals surface area contributed by atoms with Crippen molar-refractivity contribution in [2.24, 2.45) is 0 Å². The Hall–Kier alpha value is -1.78. The molecule has 0 saturated heterocycles. The van der Waals surface area contributed by atoms with E-state index in [-0.39, 0.29) is 11.8 Å². The Morgan fingerprint density at radius 2 is 2.00 bits per heavy atom. The smallest absolute Gasteiger partial charge is 0.273 e. The summed E-state index contributed by atoms with van der Waals surface area (Å²) >= 11 is 0. The molecule has 2 amide bonds. The van der Waals surface area contributed by atoms with E-state index in [2.05, 4.69) is 17.8 Å². The normalized spacial score (nSPS) is 10.1. The van der Waals surface area contributed by atoms with Gasteiger partial charge in [0.15, 0.2) is 0 Å². The van der Waals surface area contributed by atoms with Crippen LogP contribution in [0.3, 0.4) is 0 Å². The molecule has 0 radical (unpaired) electrons. The van der Waals surface area contributed by atoms with Crippen LogP contribution >= 0.6 is 0 Å². The summed E-state index contributed by atoms with van der Waals surface area (Å²) in [5.41, 5.74) is 5.19.